The van der Waals surface area contributed by atoms with Crippen LogP contribution in [0.4, 0.5) is 35.1 Å². The van der Waals surface area contributed by atoms with Gasteiger partial charge in [0.15, 0.2) is 11.5 Å². The van der Waals surface area contributed by atoms with Crippen molar-refractivity contribution in [1.82, 2.24) is 14.8 Å². The first-order chi connectivity index (χ1) is 21.1. The van der Waals surface area contributed by atoms with E-state index in [0.29, 0.717) is 16.3 Å². The number of carbonyl (C=O) groups is 2. The van der Waals surface area contributed by atoms with Crippen molar-refractivity contribution < 1.29 is 44.7 Å². The van der Waals surface area contributed by atoms with Crippen molar-refractivity contribution in [3.8, 4) is 11.1 Å². The Kier molecular flexibility index (Phi) is 8.28. The molecule has 0 aliphatic heterocycles. The van der Waals surface area contributed by atoms with Gasteiger partial charge in [-0.2, -0.15) is 27.1 Å². The number of primary amides is 1. The first kappa shape index (κ1) is 32.8. The number of nitrogens with two attached hydrogens (primary N) is 1. The van der Waals surface area contributed by atoms with Crippen LogP contribution >= 0.6 is 0 Å². The monoisotopic (exact) mass is 650 g/mol. The quantitative estimate of drug-likeness (QED) is 0.193. The van der Waals surface area contributed by atoms with E-state index in [1.54, 1.807) is 0 Å². The van der Waals surface area contributed by atoms with Gasteiger partial charge in [0.1, 0.15) is 29.7 Å². The number of ketones is 1. The van der Waals surface area contributed by atoms with Crippen molar-refractivity contribution in [2.75, 3.05) is 0 Å². The van der Waals surface area contributed by atoms with E-state index in [1.165, 1.54) is 24.4 Å². The third-order valence-corrected chi connectivity index (χ3v) is 8.17. The van der Waals surface area contributed by atoms with Crippen LogP contribution in [0.5, 0.6) is 0 Å². The summed E-state index contributed by atoms with van der Waals surface area (Å²) < 4.78 is 114. The van der Waals surface area contributed by atoms with Gasteiger partial charge in [0, 0.05) is 41.6 Å². The molecule has 0 radical (unpaired) electrons. The van der Waals surface area contributed by atoms with E-state index in [4.69, 9.17) is 5.73 Å². The molecular weight excluding hydrogens is 624 g/mol. The second kappa shape index (κ2) is 11.6. The van der Waals surface area contributed by atoms with E-state index in [-0.39, 0.29) is 37.1 Å². The van der Waals surface area contributed by atoms with E-state index in [9.17, 15) is 35.9 Å². The van der Waals surface area contributed by atoms with Gasteiger partial charge in [-0.25, -0.2) is 13.2 Å². The highest BCUT2D eigenvalue weighted by Gasteiger charge is 2.68. The number of amides is 1. The molecule has 2 aromatic heterocycles. The van der Waals surface area contributed by atoms with Crippen LogP contribution in [0.15, 0.2) is 54.7 Å². The van der Waals surface area contributed by atoms with Crippen LogP contribution in [-0.2, 0) is 29.9 Å². The fourth-order valence-electron chi connectivity index (χ4n) is 6.25. The highest BCUT2D eigenvalue weighted by molar-refractivity contribution is 5.94. The van der Waals surface area contributed by atoms with Crippen LogP contribution in [0.2, 0.25) is 0 Å². The zero-order valence-corrected chi connectivity index (χ0v) is 23.0. The van der Waals surface area contributed by atoms with E-state index in [1.807, 2.05) is 0 Å². The van der Waals surface area contributed by atoms with Gasteiger partial charge >= 0.3 is 6.18 Å². The molecule has 46 heavy (non-hydrogen) atoms. The van der Waals surface area contributed by atoms with Crippen molar-refractivity contribution >= 4 is 11.7 Å². The summed E-state index contributed by atoms with van der Waals surface area (Å²) in [5, 5.41) is 3.40. The average molecular weight is 651 g/mol. The number of aromatic nitrogens is 3. The number of alkyl halides is 5. The molecule has 6 rings (SSSR count). The van der Waals surface area contributed by atoms with E-state index in [2.05, 4.69) is 10.1 Å². The lowest BCUT2D eigenvalue weighted by Gasteiger charge is -2.21. The minimum atomic E-state index is -5.02. The maximum absolute atomic E-state index is 15.1. The van der Waals surface area contributed by atoms with Gasteiger partial charge in [0.05, 0.1) is 11.3 Å². The molecule has 0 unspecified atom stereocenters. The molecule has 2 aliphatic carbocycles. The Balaban J connectivity index is 0.00000417. The molecule has 14 heteroatoms. The summed E-state index contributed by atoms with van der Waals surface area (Å²) in [6.45, 7) is -0.925. The Morgan fingerprint density at radius 1 is 1.04 bits per heavy atom. The second-order valence-electron chi connectivity index (χ2n) is 11.3. The number of pyridine rings is 1. The van der Waals surface area contributed by atoms with E-state index in [0.717, 1.165) is 24.3 Å². The summed E-state index contributed by atoms with van der Waals surface area (Å²) in [6, 6.07) is 9.21. The van der Waals surface area contributed by atoms with Gasteiger partial charge < -0.3 is 5.73 Å². The maximum Gasteiger partial charge on any atom is 0.435 e. The number of hydrogen-bond acceptors (Lipinski definition) is 4. The molecule has 0 bridgehead atoms. The molecule has 2 aromatic carbocycles. The normalized spacial score (nSPS) is 18.3. The molecule has 2 heterocycles. The van der Waals surface area contributed by atoms with Gasteiger partial charge in [-0.3, -0.25) is 19.3 Å². The number of fused-ring (bicyclic) bond motifs is 3. The van der Waals surface area contributed by atoms with Gasteiger partial charge in [-0.15, -0.1) is 0 Å². The van der Waals surface area contributed by atoms with Crippen LogP contribution < -0.4 is 5.73 Å². The summed E-state index contributed by atoms with van der Waals surface area (Å²) in [6.07, 6.45) is -4.50. The molecule has 1 amide bonds. The summed E-state index contributed by atoms with van der Waals surface area (Å²) in [4.78, 5) is 29.6. The van der Waals surface area contributed by atoms with Gasteiger partial charge in [0.25, 0.3) is 11.8 Å². The highest BCUT2D eigenvalue weighted by Crippen LogP contribution is 2.68. The number of rotatable bonds is 9. The minimum Gasteiger partial charge on any atom is -0.366 e. The number of carbonyl (C=O) groups excluding carboxylic acids is 2. The summed E-state index contributed by atoms with van der Waals surface area (Å²) in [5.74, 6) is -11.5. The second-order valence-corrected chi connectivity index (χ2v) is 11.3. The zero-order chi connectivity index (χ0) is 32.4. The Morgan fingerprint density at radius 2 is 1.74 bits per heavy atom. The number of hydrogen-bond donors (Lipinski definition) is 1. The van der Waals surface area contributed by atoms with Gasteiger partial charge in [-0.05, 0) is 60.2 Å². The third kappa shape index (κ3) is 5.87. The van der Waals surface area contributed by atoms with Gasteiger partial charge in [0.2, 0.25) is 0 Å². The number of Topliss-reactive ketones (excluding diaryl/α,β-unsaturated/α-hetero) is 1. The molecule has 2 N–H and O–H groups in total. The lowest BCUT2D eigenvalue weighted by molar-refractivity contribution is -0.142. The van der Waals surface area contributed by atoms with Crippen LogP contribution in [-0.4, -0.2) is 26.5 Å². The largest absolute Gasteiger partial charge is 0.435 e. The molecule has 2 aliphatic rings. The lowest BCUT2D eigenvalue weighted by atomic mass is 9.86. The summed E-state index contributed by atoms with van der Waals surface area (Å²) in [7, 11) is 0. The predicted molar refractivity (Wildman–Crippen MR) is 149 cm³/mol. The molecule has 3 atom stereocenters. The van der Waals surface area contributed by atoms with Crippen LogP contribution in [0.1, 0.15) is 70.7 Å². The van der Waals surface area contributed by atoms with Crippen molar-refractivity contribution in [1.29, 1.82) is 0 Å². The average Bonchev–Trinajstić information content (AvgIpc) is 3.60. The first-order valence-electron chi connectivity index (χ1n) is 13.7. The van der Waals surface area contributed by atoms with Crippen LogP contribution in [0.25, 0.3) is 11.1 Å². The molecule has 0 spiro atoms. The maximum atomic E-state index is 15.1. The SMILES string of the molecule is C.NC(=O)c1cc(-c2cccnc2[C@@H](CC(=O)Cn2nc(C(F)(F)F)c3c2C(F)(F)[C@@H]2C[C@H]32)Cc2cc(F)cc(F)c2)ccc1F. The smallest absolute Gasteiger partial charge is 0.366 e. The Hall–Kier alpha value is -4.62. The van der Waals surface area contributed by atoms with Crippen molar-refractivity contribution in [2.24, 2.45) is 11.7 Å². The molecular formula is C32H26F8N4O2. The topological polar surface area (TPSA) is 90.9 Å². The first-order valence-corrected chi connectivity index (χ1v) is 13.7. The number of halogens is 8. The molecule has 6 nitrogen and oxygen atoms in total. The van der Waals surface area contributed by atoms with Crippen LogP contribution in [0, 0.1) is 23.4 Å². The molecule has 4 aromatic rings. The molecule has 1 saturated carbocycles. The van der Waals surface area contributed by atoms with E-state index >= 15 is 8.78 Å². The fourth-order valence-corrected chi connectivity index (χ4v) is 6.25. The minimum absolute atomic E-state index is 0. The summed E-state index contributed by atoms with van der Waals surface area (Å²) in [5.41, 5.74) is 2.69. The fraction of sp³-hybridized carbons (Fsp3) is 0.312. The van der Waals surface area contributed by atoms with Crippen molar-refractivity contribution in [3.63, 3.8) is 0 Å². The van der Waals surface area contributed by atoms with Crippen molar-refractivity contribution in [3.05, 3.63) is 106 Å². The number of nitrogens with zero attached hydrogens (tertiary/aromatic N) is 3. The number of benzene rings is 2. The zero-order valence-electron chi connectivity index (χ0n) is 23.0. The van der Waals surface area contributed by atoms with E-state index < -0.39 is 94.5 Å². The Bertz CT molecular complexity index is 1830. The standard InChI is InChI=1S/C31H22F8N4O2.CH4/c32-17-7-14(8-18(33)11-17)6-16(26-20(2-1-5-41-26)15-3-4-24(34)22(10-15)29(40)45)9-19(44)13-43-28-25(27(42-43)31(37,38)39)21-12-23(21)30(28,35)36;/h1-5,7-8,10-11,16,21,23H,6,9,12-13H2,(H2,40,45);1H4/t16-,21+,23-;/m1./s1. The summed E-state index contributed by atoms with van der Waals surface area (Å²) >= 11 is 0. The van der Waals surface area contributed by atoms with Crippen molar-refractivity contribution in [2.45, 2.75) is 57.2 Å². The highest BCUT2D eigenvalue weighted by atomic mass is 19.4. The molecule has 0 saturated heterocycles. The lowest BCUT2D eigenvalue weighted by Crippen LogP contribution is -2.24. The Labute approximate surface area is 257 Å². The molecule has 242 valence electrons. The van der Waals surface area contributed by atoms with Crippen LogP contribution in [0.3, 0.4) is 0 Å². The predicted octanol–water partition coefficient (Wildman–Crippen LogP) is 7.31. The Morgan fingerprint density at radius 3 is 2.39 bits per heavy atom. The molecule has 1 fully saturated rings. The van der Waals surface area contributed by atoms with Gasteiger partial charge in [-0.1, -0.05) is 19.6 Å². The third-order valence-electron chi connectivity index (χ3n) is 8.17.